The highest BCUT2D eigenvalue weighted by Gasteiger charge is 2.45. The number of sulfonamides is 1. The molecule has 3 aromatic carbocycles. The lowest BCUT2D eigenvalue weighted by Crippen LogP contribution is -2.54. The van der Waals surface area contributed by atoms with E-state index in [9.17, 15) is 32.0 Å². The van der Waals surface area contributed by atoms with Gasteiger partial charge in [-0.1, -0.05) is 0 Å². The normalized spacial score (nSPS) is 19.1. The van der Waals surface area contributed by atoms with Gasteiger partial charge in [-0.25, -0.2) is 26.6 Å². The van der Waals surface area contributed by atoms with Crippen LogP contribution in [0, 0.1) is 24.4 Å². The minimum Gasteiger partial charge on any atom is -0.369 e. The summed E-state index contributed by atoms with van der Waals surface area (Å²) in [6.45, 7) is 12.2. The van der Waals surface area contributed by atoms with Crippen LogP contribution in [0.2, 0.25) is 0 Å². The van der Waals surface area contributed by atoms with Crippen molar-refractivity contribution in [3.05, 3.63) is 94.4 Å². The zero-order valence-corrected chi connectivity index (χ0v) is 37.3. The molecule has 4 aromatic rings. The van der Waals surface area contributed by atoms with Crippen LogP contribution < -0.4 is 25.6 Å². The number of piperazine rings is 1. The summed E-state index contributed by atoms with van der Waals surface area (Å²) in [6.07, 6.45) is 2.85. The molecule has 20 heteroatoms. The predicted molar refractivity (Wildman–Crippen MR) is 239 cm³/mol. The van der Waals surface area contributed by atoms with Crippen molar-refractivity contribution in [2.75, 3.05) is 72.6 Å². The number of likely N-dealkylation sites (tertiary alicyclic amines) is 1. The van der Waals surface area contributed by atoms with Crippen molar-refractivity contribution in [3.8, 4) is 0 Å². The number of amides is 4. The summed E-state index contributed by atoms with van der Waals surface area (Å²) >= 11 is 0. The van der Waals surface area contributed by atoms with Crippen LogP contribution in [-0.2, 0) is 19.6 Å². The van der Waals surface area contributed by atoms with Gasteiger partial charge in [0.15, 0.2) is 0 Å². The number of nitrogens with zero attached hydrogens (tertiary/aromatic N) is 6. The molecule has 65 heavy (non-hydrogen) atoms. The van der Waals surface area contributed by atoms with Gasteiger partial charge in [-0.3, -0.25) is 39.0 Å². The van der Waals surface area contributed by atoms with Gasteiger partial charge >= 0.3 is 0 Å². The molecule has 0 saturated carbocycles. The summed E-state index contributed by atoms with van der Waals surface area (Å²) in [5.74, 6) is -4.16. The van der Waals surface area contributed by atoms with Crippen molar-refractivity contribution < 1.29 is 40.8 Å². The van der Waals surface area contributed by atoms with Crippen LogP contribution in [0.25, 0.3) is 0 Å². The monoisotopic (exact) mass is 916 g/mol. The average Bonchev–Trinajstić information content (AvgIpc) is 3.50. The van der Waals surface area contributed by atoms with E-state index in [1.54, 1.807) is 19.1 Å². The molecule has 0 aliphatic carbocycles. The first-order valence-corrected chi connectivity index (χ1v) is 23.1. The average molecular weight is 917 g/mol. The lowest BCUT2D eigenvalue weighted by atomic mass is 9.88. The van der Waals surface area contributed by atoms with Crippen LogP contribution in [0.3, 0.4) is 0 Å². The Kier molecular flexibility index (Phi) is 12.6. The molecular formula is C45H51F3N10O6S. The maximum absolute atomic E-state index is 15.7. The van der Waals surface area contributed by atoms with E-state index in [0.29, 0.717) is 56.1 Å². The molecule has 4 aliphatic heterocycles. The van der Waals surface area contributed by atoms with E-state index in [1.807, 2.05) is 6.07 Å². The van der Waals surface area contributed by atoms with Crippen molar-refractivity contribution in [1.82, 2.24) is 30.0 Å². The van der Waals surface area contributed by atoms with E-state index in [-0.39, 0.29) is 52.8 Å². The first-order valence-electron chi connectivity index (χ1n) is 21.6. The molecule has 4 aliphatic rings. The van der Waals surface area contributed by atoms with E-state index in [0.717, 1.165) is 42.8 Å². The summed E-state index contributed by atoms with van der Waals surface area (Å²) in [4.78, 5) is 67.0. The summed E-state index contributed by atoms with van der Waals surface area (Å²) in [7, 11) is -3.90. The lowest BCUT2D eigenvalue weighted by molar-refractivity contribution is -0.136. The van der Waals surface area contributed by atoms with E-state index < -0.39 is 61.9 Å². The number of benzene rings is 3. The Balaban J connectivity index is 0.811. The molecule has 4 amide bonds. The predicted octanol–water partition coefficient (Wildman–Crippen LogP) is 5.63. The number of rotatable bonds is 12. The smallest absolute Gasteiger partial charge is 0.262 e. The van der Waals surface area contributed by atoms with Crippen molar-refractivity contribution in [2.24, 2.45) is 0 Å². The molecular weight excluding hydrogens is 866 g/mol. The Morgan fingerprint density at radius 2 is 1.43 bits per heavy atom. The number of imide groups is 2. The van der Waals surface area contributed by atoms with E-state index in [1.165, 1.54) is 51.2 Å². The van der Waals surface area contributed by atoms with Gasteiger partial charge in [0.05, 0.1) is 21.6 Å². The van der Waals surface area contributed by atoms with Gasteiger partial charge in [-0.2, -0.15) is 4.98 Å². The fourth-order valence-corrected chi connectivity index (χ4v) is 9.29. The number of halogens is 3. The number of aromatic nitrogens is 2. The van der Waals surface area contributed by atoms with Crippen molar-refractivity contribution >= 4 is 68.2 Å². The van der Waals surface area contributed by atoms with Crippen LogP contribution in [0.4, 0.5) is 47.7 Å². The molecule has 1 aromatic heterocycles. The minimum atomic E-state index is -3.90. The standard InChI is InChI=1S/C45H51F3N10O6S/c1-26-25-49-44(53-40(26)50-28-5-8-33(46)36(23-28)54-65(63,64)45(2,3)4)51-29-21-34(47)39(35(48)22-29)27-11-13-55(14-12-27)15-16-56-17-19-57(20-18-56)30-6-7-31-32(24-30)43(62)58(42(31)61)37-9-10-38(59)52-41(37)60/h5-8,21-25,27,37,54H,9-20H2,1-4H3,(H,52,59,60)(H2,49,50,51,53). The number of hydrogen-bond donors (Lipinski definition) is 4. The summed E-state index contributed by atoms with van der Waals surface area (Å²) in [5, 5.41) is 8.13. The summed E-state index contributed by atoms with van der Waals surface area (Å²) < 4.78 is 72.4. The van der Waals surface area contributed by atoms with Crippen molar-refractivity contribution in [1.29, 1.82) is 0 Å². The molecule has 0 spiro atoms. The Morgan fingerprint density at radius 1 is 0.769 bits per heavy atom. The van der Waals surface area contributed by atoms with E-state index in [4.69, 9.17) is 0 Å². The summed E-state index contributed by atoms with van der Waals surface area (Å²) in [5.41, 5.74) is 2.19. The second kappa shape index (κ2) is 18.0. The molecule has 1 atom stereocenters. The molecule has 1 unspecified atom stereocenters. The topological polar surface area (TPSA) is 189 Å². The Bertz CT molecular complexity index is 2640. The van der Waals surface area contributed by atoms with Gasteiger partial charge in [-0.05, 0) is 114 Å². The molecule has 16 nitrogen and oxygen atoms in total. The molecule has 0 bridgehead atoms. The Labute approximate surface area is 375 Å². The number of aryl methyl sites for hydroxylation is 1. The van der Waals surface area contributed by atoms with Crippen LogP contribution in [0.1, 0.15) is 84.2 Å². The molecule has 8 rings (SSSR count). The van der Waals surface area contributed by atoms with Gasteiger partial charge < -0.3 is 20.4 Å². The maximum Gasteiger partial charge on any atom is 0.262 e. The molecule has 4 N–H and O–H groups in total. The van der Waals surface area contributed by atoms with Gasteiger partial charge in [0.2, 0.25) is 27.8 Å². The van der Waals surface area contributed by atoms with Crippen LogP contribution in [-0.4, -0.2) is 120 Å². The fourth-order valence-electron chi connectivity index (χ4n) is 8.53. The van der Waals surface area contributed by atoms with Crippen LogP contribution >= 0.6 is 0 Å². The highest BCUT2D eigenvalue weighted by atomic mass is 32.2. The van der Waals surface area contributed by atoms with Gasteiger partial charge in [0.25, 0.3) is 11.8 Å². The molecule has 3 fully saturated rings. The Hall–Kier alpha value is -6.12. The number of piperidine rings is 2. The second-order valence-corrected chi connectivity index (χ2v) is 20.3. The fraction of sp³-hybridized carbons (Fsp3) is 0.422. The zero-order chi connectivity index (χ0) is 46.4. The van der Waals surface area contributed by atoms with Crippen LogP contribution in [0.5, 0.6) is 0 Å². The number of hydrogen-bond acceptors (Lipinski definition) is 13. The van der Waals surface area contributed by atoms with Gasteiger partial charge in [0.1, 0.15) is 29.3 Å². The van der Waals surface area contributed by atoms with Gasteiger partial charge in [0, 0.05) is 80.1 Å². The first kappa shape index (κ1) is 45.4. The molecule has 0 radical (unpaired) electrons. The second-order valence-electron chi connectivity index (χ2n) is 17.9. The number of carbonyl (C=O) groups excluding carboxylic acids is 4. The van der Waals surface area contributed by atoms with Crippen LogP contribution in [0.15, 0.2) is 54.7 Å². The SMILES string of the molecule is Cc1cnc(Nc2cc(F)c(C3CCN(CCN4CCN(c5ccc6c(c5)C(=O)N(C5CCC(=O)NC5=O)C6=O)CC4)CC3)c(F)c2)nc1Nc1ccc(F)c(NS(=O)(=O)C(C)(C)C)c1. The lowest BCUT2D eigenvalue weighted by Gasteiger charge is -2.38. The summed E-state index contributed by atoms with van der Waals surface area (Å²) in [6, 6.07) is 10.5. The van der Waals surface area contributed by atoms with Crippen molar-refractivity contribution in [3.63, 3.8) is 0 Å². The third-order valence-electron chi connectivity index (χ3n) is 12.5. The number of anilines is 6. The maximum atomic E-state index is 15.7. The molecule has 3 saturated heterocycles. The number of carbonyl (C=O) groups is 4. The highest BCUT2D eigenvalue weighted by molar-refractivity contribution is 7.94. The first-order chi connectivity index (χ1) is 30.8. The third kappa shape index (κ3) is 9.65. The van der Waals surface area contributed by atoms with Gasteiger partial charge in [-0.15, -0.1) is 0 Å². The van der Waals surface area contributed by atoms with E-state index in [2.05, 4.69) is 45.3 Å². The molecule has 5 heterocycles. The number of fused-ring (bicyclic) bond motifs is 1. The van der Waals surface area contributed by atoms with Crippen molar-refractivity contribution in [2.45, 2.75) is 70.1 Å². The molecule has 344 valence electrons. The quantitative estimate of drug-likeness (QED) is 0.128. The Morgan fingerprint density at radius 3 is 2.09 bits per heavy atom. The highest BCUT2D eigenvalue weighted by Crippen LogP contribution is 2.35. The van der Waals surface area contributed by atoms with E-state index >= 15 is 8.78 Å². The third-order valence-corrected chi connectivity index (χ3v) is 14.6. The zero-order valence-electron chi connectivity index (χ0n) is 36.5. The minimum absolute atomic E-state index is 0.0487. The number of nitrogens with one attached hydrogen (secondary N) is 4. The largest absolute Gasteiger partial charge is 0.369 e.